The fourth-order valence-electron chi connectivity index (χ4n) is 2.90. The SMILES string of the molecule is Cc1ccnc(N2CCN3C(=O)NCC3C2)c1CN. The van der Waals surface area contributed by atoms with Crippen LogP contribution in [0.4, 0.5) is 10.6 Å². The summed E-state index contributed by atoms with van der Waals surface area (Å²) in [6.07, 6.45) is 1.83. The quantitative estimate of drug-likeness (QED) is 0.789. The van der Waals surface area contributed by atoms with Crippen molar-refractivity contribution in [1.29, 1.82) is 0 Å². The van der Waals surface area contributed by atoms with Gasteiger partial charge < -0.3 is 20.9 Å². The predicted octanol–water partition coefficient (Wildman–Crippen LogP) is 0.0625. The molecular weight excluding hydrogens is 242 g/mol. The van der Waals surface area contributed by atoms with Gasteiger partial charge in [0.25, 0.3) is 0 Å². The number of rotatable bonds is 2. The van der Waals surface area contributed by atoms with E-state index in [2.05, 4.69) is 22.1 Å². The zero-order valence-electron chi connectivity index (χ0n) is 11.1. The molecule has 19 heavy (non-hydrogen) atoms. The monoisotopic (exact) mass is 261 g/mol. The zero-order valence-corrected chi connectivity index (χ0v) is 11.1. The van der Waals surface area contributed by atoms with Crippen LogP contribution < -0.4 is 16.0 Å². The highest BCUT2D eigenvalue weighted by Crippen LogP contribution is 2.24. The molecule has 0 saturated carbocycles. The summed E-state index contributed by atoms with van der Waals surface area (Å²) in [4.78, 5) is 20.2. The summed E-state index contributed by atoms with van der Waals surface area (Å²) in [7, 11) is 0. The Kier molecular flexibility index (Phi) is 3.02. The van der Waals surface area contributed by atoms with Crippen molar-refractivity contribution in [3.63, 3.8) is 0 Å². The topological polar surface area (TPSA) is 74.5 Å². The van der Waals surface area contributed by atoms with Gasteiger partial charge in [-0.25, -0.2) is 9.78 Å². The first-order valence-electron chi connectivity index (χ1n) is 6.64. The molecule has 3 heterocycles. The van der Waals surface area contributed by atoms with E-state index in [1.807, 2.05) is 17.2 Å². The Morgan fingerprint density at radius 1 is 1.53 bits per heavy atom. The number of carbonyl (C=O) groups is 1. The third-order valence-electron chi connectivity index (χ3n) is 4.00. The molecule has 0 radical (unpaired) electrons. The molecule has 1 unspecified atom stereocenters. The van der Waals surface area contributed by atoms with Crippen LogP contribution in [0.25, 0.3) is 0 Å². The molecule has 3 rings (SSSR count). The van der Waals surface area contributed by atoms with Crippen molar-refractivity contribution >= 4 is 11.8 Å². The van der Waals surface area contributed by atoms with Crippen LogP contribution in [0, 0.1) is 6.92 Å². The number of aryl methyl sites for hydroxylation is 1. The van der Waals surface area contributed by atoms with Crippen LogP contribution in [0.2, 0.25) is 0 Å². The molecular formula is C13H19N5O. The van der Waals surface area contributed by atoms with Crippen molar-refractivity contribution in [2.24, 2.45) is 5.73 Å². The van der Waals surface area contributed by atoms with E-state index in [1.165, 1.54) is 5.56 Å². The summed E-state index contributed by atoms with van der Waals surface area (Å²) in [5, 5.41) is 2.89. The average molecular weight is 261 g/mol. The predicted molar refractivity (Wildman–Crippen MR) is 73.0 cm³/mol. The molecule has 2 aliphatic rings. The van der Waals surface area contributed by atoms with Crippen LogP contribution in [0.3, 0.4) is 0 Å². The molecule has 0 spiro atoms. The standard InChI is InChI=1S/C13H19N5O/c1-9-2-3-15-12(11(9)6-14)17-4-5-18-10(8-17)7-16-13(18)19/h2-3,10H,4-8,14H2,1H3,(H,16,19). The van der Waals surface area contributed by atoms with E-state index in [-0.39, 0.29) is 12.1 Å². The van der Waals surface area contributed by atoms with E-state index in [4.69, 9.17) is 5.73 Å². The first kappa shape index (κ1) is 12.2. The zero-order chi connectivity index (χ0) is 13.4. The van der Waals surface area contributed by atoms with Gasteiger partial charge in [-0.15, -0.1) is 0 Å². The van der Waals surface area contributed by atoms with Gasteiger partial charge in [0.1, 0.15) is 5.82 Å². The van der Waals surface area contributed by atoms with Crippen molar-refractivity contribution in [1.82, 2.24) is 15.2 Å². The molecule has 3 N–H and O–H groups in total. The summed E-state index contributed by atoms with van der Waals surface area (Å²) < 4.78 is 0. The van der Waals surface area contributed by atoms with E-state index in [9.17, 15) is 4.79 Å². The van der Waals surface area contributed by atoms with Gasteiger partial charge in [-0.3, -0.25) is 0 Å². The molecule has 2 saturated heterocycles. The fraction of sp³-hybridized carbons (Fsp3) is 0.538. The molecule has 0 bridgehead atoms. The molecule has 2 fully saturated rings. The maximum absolute atomic E-state index is 11.6. The molecule has 1 aromatic rings. The van der Waals surface area contributed by atoms with Crippen LogP contribution in [0.1, 0.15) is 11.1 Å². The molecule has 1 aromatic heterocycles. The van der Waals surface area contributed by atoms with Crippen molar-refractivity contribution < 1.29 is 4.79 Å². The number of hydrogen-bond acceptors (Lipinski definition) is 4. The number of aromatic nitrogens is 1. The largest absolute Gasteiger partial charge is 0.352 e. The van der Waals surface area contributed by atoms with Gasteiger partial charge in [-0.05, 0) is 18.6 Å². The third kappa shape index (κ3) is 2.02. The molecule has 0 aromatic carbocycles. The molecule has 6 heteroatoms. The molecule has 0 aliphatic carbocycles. The van der Waals surface area contributed by atoms with E-state index >= 15 is 0 Å². The molecule has 102 valence electrons. The number of carbonyl (C=O) groups excluding carboxylic acids is 1. The van der Waals surface area contributed by atoms with Gasteiger partial charge in [0.15, 0.2) is 0 Å². The lowest BCUT2D eigenvalue weighted by molar-refractivity contribution is 0.197. The maximum Gasteiger partial charge on any atom is 0.317 e. The number of nitrogens with zero attached hydrogens (tertiary/aromatic N) is 3. The maximum atomic E-state index is 11.6. The van der Waals surface area contributed by atoms with Crippen LogP contribution in [-0.2, 0) is 6.54 Å². The van der Waals surface area contributed by atoms with Gasteiger partial charge in [-0.2, -0.15) is 0 Å². The summed E-state index contributed by atoms with van der Waals surface area (Å²) in [5.74, 6) is 0.974. The average Bonchev–Trinajstić information content (AvgIpc) is 2.79. The number of urea groups is 1. The lowest BCUT2D eigenvalue weighted by Gasteiger charge is -2.38. The number of nitrogens with one attached hydrogen (secondary N) is 1. The third-order valence-corrected chi connectivity index (χ3v) is 4.00. The second-order valence-electron chi connectivity index (χ2n) is 5.11. The fourth-order valence-corrected chi connectivity index (χ4v) is 2.90. The summed E-state index contributed by atoms with van der Waals surface area (Å²) in [5.41, 5.74) is 8.12. The first-order chi connectivity index (χ1) is 9.20. The number of amides is 2. The number of anilines is 1. The van der Waals surface area contributed by atoms with E-state index in [0.29, 0.717) is 6.54 Å². The minimum atomic E-state index is 0.0564. The Morgan fingerprint density at radius 2 is 2.37 bits per heavy atom. The Morgan fingerprint density at radius 3 is 3.16 bits per heavy atom. The molecule has 6 nitrogen and oxygen atoms in total. The molecule has 1 atom stereocenters. The van der Waals surface area contributed by atoms with Crippen LogP contribution >= 0.6 is 0 Å². The van der Waals surface area contributed by atoms with E-state index in [0.717, 1.165) is 37.6 Å². The number of nitrogens with two attached hydrogens (primary N) is 1. The van der Waals surface area contributed by atoms with Crippen LogP contribution in [0.5, 0.6) is 0 Å². The minimum absolute atomic E-state index is 0.0564. The number of fused-ring (bicyclic) bond motifs is 1. The number of pyridine rings is 1. The van der Waals surface area contributed by atoms with Crippen molar-refractivity contribution in [2.75, 3.05) is 31.1 Å². The van der Waals surface area contributed by atoms with Crippen LogP contribution in [0.15, 0.2) is 12.3 Å². The van der Waals surface area contributed by atoms with E-state index < -0.39 is 0 Å². The van der Waals surface area contributed by atoms with Gasteiger partial charge in [0.05, 0.1) is 6.04 Å². The van der Waals surface area contributed by atoms with Crippen molar-refractivity contribution in [2.45, 2.75) is 19.5 Å². The Labute approximate surface area is 112 Å². The Bertz CT molecular complexity index is 504. The van der Waals surface area contributed by atoms with Gasteiger partial charge in [-0.1, -0.05) is 0 Å². The number of hydrogen-bond donors (Lipinski definition) is 2. The summed E-state index contributed by atoms with van der Waals surface area (Å²) >= 11 is 0. The van der Waals surface area contributed by atoms with Crippen LogP contribution in [-0.4, -0.2) is 48.1 Å². The van der Waals surface area contributed by atoms with Gasteiger partial charge in [0, 0.05) is 44.5 Å². The summed E-state index contributed by atoms with van der Waals surface area (Å²) in [6, 6.07) is 2.29. The second-order valence-corrected chi connectivity index (χ2v) is 5.11. The van der Waals surface area contributed by atoms with E-state index in [1.54, 1.807) is 0 Å². The van der Waals surface area contributed by atoms with Gasteiger partial charge >= 0.3 is 6.03 Å². The Hall–Kier alpha value is -1.82. The smallest absolute Gasteiger partial charge is 0.317 e. The lowest BCUT2D eigenvalue weighted by atomic mass is 10.1. The molecule has 2 amide bonds. The second kappa shape index (κ2) is 4.70. The lowest BCUT2D eigenvalue weighted by Crippen LogP contribution is -2.52. The van der Waals surface area contributed by atoms with Gasteiger partial charge in [0.2, 0.25) is 0 Å². The van der Waals surface area contributed by atoms with Crippen molar-refractivity contribution in [3.05, 3.63) is 23.4 Å². The highest BCUT2D eigenvalue weighted by molar-refractivity contribution is 5.77. The minimum Gasteiger partial charge on any atom is -0.352 e. The summed E-state index contributed by atoms with van der Waals surface area (Å²) in [6.45, 7) is 5.66. The number of piperazine rings is 1. The first-order valence-corrected chi connectivity index (χ1v) is 6.64. The molecule has 2 aliphatic heterocycles. The Balaban J connectivity index is 1.84. The highest BCUT2D eigenvalue weighted by atomic mass is 16.2. The van der Waals surface area contributed by atoms with Crippen molar-refractivity contribution in [3.8, 4) is 0 Å². The normalized spacial score (nSPS) is 22.4. The highest BCUT2D eigenvalue weighted by Gasteiger charge is 2.36.